The molecule has 1 saturated heterocycles. The maximum atomic E-state index is 11.6. The fraction of sp³-hybridized carbons (Fsp3) is 0.933. The zero-order valence-corrected chi connectivity index (χ0v) is 13.0. The van der Waals surface area contributed by atoms with E-state index >= 15 is 0 Å². The van der Waals surface area contributed by atoms with E-state index in [9.17, 15) is 4.79 Å². The highest BCUT2D eigenvalue weighted by atomic mass is 16.2. The number of urea groups is 1. The molecule has 1 aliphatic carbocycles. The summed E-state index contributed by atoms with van der Waals surface area (Å²) >= 11 is 0. The van der Waals surface area contributed by atoms with Crippen molar-refractivity contribution in [2.45, 2.75) is 38.1 Å². The van der Waals surface area contributed by atoms with Crippen molar-refractivity contribution in [2.24, 2.45) is 5.92 Å². The Bertz CT molecular complexity index is 294. The average Bonchev–Trinajstić information content (AvgIpc) is 2.47. The second-order valence-electron chi connectivity index (χ2n) is 6.44. The Kier molecular flexibility index (Phi) is 6.10. The predicted molar refractivity (Wildman–Crippen MR) is 81.9 cm³/mol. The maximum absolute atomic E-state index is 11.6. The number of hydrogen-bond donors (Lipinski definition) is 2. The van der Waals surface area contributed by atoms with Gasteiger partial charge in [0.05, 0.1) is 0 Å². The van der Waals surface area contributed by atoms with Crippen LogP contribution in [0.3, 0.4) is 0 Å². The van der Waals surface area contributed by atoms with E-state index in [1.54, 1.807) is 19.0 Å². The van der Waals surface area contributed by atoms with E-state index in [1.165, 1.54) is 38.9 Å². The van der Waals surface area contributed by atoms with Gasteiger partial charge in [0, 0.05) is 46.3 Å². The molecule has 0 aromatic carbocycles. The Morgan fingerprint density at radius 1 is 1.20 bits per heavy atom. The van der Waals surface area contributed by atoms with Gasteiger partial charge in [-0.25, -0.2) is 4.79 Å². The van der Waals surface area contributed by atoms with Crippen molar-refractivity contribution in [3.8, 4) is 0 Å². The molecule has 2 fully saturated rings. The van der Waals surface area contributed by atoms with Crippen molar-refractivity contribution in [1.29, 1.82) is 0 Å². The van der Waals surface area contributed by atoms with Crippen molar-refractivity contribution in [1.82, 2.24) is 20.4 Å². The van der Waals surface area contributed by atoms with E-state index < -0.39 is 0 Å². The van der Waals surface area contributed by atoms with Crippen LogP contribution in [-0.2, 0) is 0 Å². The van der Waals surface area contributed by atoms with Crippen LogP contribution in [0.25, 0.3) is 0 Å². The van der Waals surface area contributed by atoms with Crippen molar-refractivity contribution >= 4 is 6.03 Å². The molecule has 20 heavy (non-hydrogen) atoms. The highest BCUT2D eigenvalue weighted by Gasteiger charge is 2.23. The third kappa shape index (κ3) is 4.94. The Morgan fingerprint density at radius 3 is 2.45 bits per heavy atom. The molecule has 0 atom stereocenters. The number of nitrogens with zero attached hydrogens (tertiary/aromatic N) is 2. The summed E-state index contributed by atoms with van der Waals surface area (Å²) in [6.45, 7) is 5.94. The fourth-order valence-electron chi connectivity index (χ4n) is 3.20. The predicted octanol–water partition coefficient (Wildman–Crippen LogP) is 1.11. The molecule has 2 rings (SSSR count). The minimum Gasteiger partial charge on any atom is -0.335 e. The van der Waals surface area contributed by atoms with Crippen molar-refractivity contribution in [3.63, 3.8) is 0 Å². The molecule has 0 aromatic heterocycles. The second kappa shape index (κ2) is 7.84. The van der Waals surface area contributed by atoms with Crippen LogP contribution < -0.4 is 10.6 Å². The normalized spacial score (nSPS) is 28.1. The monoisotopic (exact) mass is 282 g/mol. The fourth-order valence-corrected chi connectivity index (χ4v) is 3.20. The van der Waals surface area contributed by atoms with E-state index in [1.807, 2.05) is 0 Å². The van der Waals surface area contributed by atoms with Gasteiger partial charge in [-0.05, 0) is 44.6 Å². The first-order valence-electron chi connectivity index (χ1n) is 8.06. The van der Waals surface area contributed by atoms with Crippen LogP contribution >= 0.6 is 0 Å². The van der Waals surface area contributed by atoms with Gasteiger partial charge in [-0.2, -0.15) is 0 Å². The topological polar surface area (TPSA) is 47.6 Å². The molecule has 5 nitrogen and oxygen atoms in total. The van der Waals surface area contributed by atoms with Gasteiger partial charge in [0.1, 0.15) is 0 Å². The minimum atomic E-state index is 0.0502. The summed E-state index contributed by atoms with van der Waals surface area (Å²) in [7, 11) is 3.60. The average molecular weight is 282 g/mol. The van der Waals surface area contributed by atoms with Gasteiger partial charge >= 0.3 is 6.03 Å². The maximum Gasteiger partial charge on any atom is 0.317 e. The number of nitrogens with one attached hydrogen (secondary N) is 2. The lowest BCUT2D eigenvalue weighted by atomic mass is 9.84. The molecule has 0 unspecified atom stereocenters. The van der Waals surface area contributed by atoms with Crippen molar-refractivity contribution in [3.05, 3.63) is 0 Å². The molecule has 2 amide bonds. The Hall–Kier alpha value is -0.810. The van der Waals surface area contributed by atoms with Gasteiger partial charge < -0.3 is 20.4 Å². The Morgan fingerprint density at radius 2 is 1.85 bits per heavy atom. The van der Waals surface area contributed by atoms with Gasteiger partial charge in [-0.3, -0.25) is 0 Å². The summed E-state index contributed by atoms with van der Waals surface area (Å²) < 4.78 is 0. The van der Waals surface area contributed by atoms with Crippen LogP contribution in [-0.4, -0.2) is 68.7 Å². The molecule has 1 heterocycles. The van der Waals surface area contributed by atoms with Crippen LogP contribution in [0.4, 0.5) is 4.79 Å². The SMILES string of the molecule is CN(C)C(=O)N[C@H]1CC[C@H](CCN2CCNCC2)CC1. The zero-order chi connectivity index (χ0) is 14.4. The first-order chi connectivity index (χ1) is 9.65. The molecular weight excluding hydrogens is 252 g/mol. The molecule has 1 saturated carbocycles. The first kappa shape index (κ1) is 15.6. The number of rotatable bonds is 4. The molecule has 0 radical (unpaired) electrons. The van der Waals surface area contributed by atoms with E-state index in [-0.39, 0.29) is 6.03 Å². The van der Waals surface area contributed by atoms with Gasteiger partial charge in [0.15, 0.2) is 0 Å². The van der Waals surface area contributed by atoms with E-state index in [2.05, 4.69) is 15.5 Å². The van der Waals surface area contributed by atoms with E-state index in [4.69, 9.17) is 0 Å². The summed E-state index contributed by atoms with van der Waals surface area (Å²) in [6, 6.07) is 0.439. The highest BCUT2D eigenvalue weighted by molar-refractivity contribution is 5.73. The Labute approximate surface area is 123 Å². The molecule has 1 aliphatic heterocycles. The second-order valence-corrected chi connectivity index (χ2v) is 6.44. The number of hydrogen-bond acceptors (Lipinski definition) is 3. The Balaban J connectivity index is 1.60. The minimum absolute atomic E-state index is 0.0502. The molecular formula is C15H30N4O. The summed E-state index contributed by atoms with van der Waals surface area (Å²) in [6.07, 6.45) is 6.15. The lowest BCUT2D eigenvalue weighted by molar-refractivity contribution is 0.191. The summed E-state index contributed by atoms with van der Waals surface area (Å²) in [4.78, 5) is 15.8. The largest absolute Gasteiger partial charge is 0.335 e. The van der Waals surface area contributed by atoms with Gasteiger partial charge in [-0.15, -0.1) is 0 Å². The van der Waals surface area contributed by atoms with Crippen LogP contribution in [0.1, 0.15) is 32.1 Å². The van der Waals surface area contributed by atoms with Crippen LogP contribution in [0.2, 0.25) is 0 Å². The molecule has 5 heteroatoms. The van der Waals surface area contributed by atoms with Gasteiger partial charge in [0.2, 0.25) is 0 Å². The zero-order valence-electron chi connectivity index (χ0n) is 13.0. The number of amides is 2. The van der Waals surface area contributed by atoms with Gasteiger partial charge in [0.25, 0.3) is 0 Å². The molecule has 2 aliphatic rings. The smallest absolute Gasteiger partial charge is 0.317 e. The van der Waals surface area contributed by atoms with Crippen molar-refractivity contribution in [2.75, 3.05) is 46.8 Å². The van der Waals surface area contributed by atoms with E-state index in [0.29, 0.717) is 6.04 Å². The third-order valence-electron chi connectivity index (χ3n) is 4.64. The molecule has 2 N–H and O–H groups in total. The standard InChI is InChI=1S/C15H30N4O/c1-18(2)15(20)17-14-5-3-13(4-6-14)7-10-19-11-8-16-9-12-19/h13-14,16H,3-12H2,1-2H3,(H,17,20)/t13-,14-. The molecule has 0 bridgehead atoms. The summed E-state index contributed by atoms with van der Waals surface area (Å²) in [5, 5.41) is 6.51. The summed E-state index contributed by atoms with van der Waals surface area (Å²) in [5.74, 6) is 0.859. The highest BCUT2D eigenvalue weighted by Crippen LogP contribution is 2.27. The number of carbonyl (C=O) groups excluding carboxylic acids is 1. The molecule has 0 spiro atoms. The van der Waals surface area contributed by atoms with Crippen LogP contribution in [0, 0.1) is 5.92 Å². The quantitative estimate of drug-likeness (QED) is 0.812. The van der Waals surface area contributed by atoms with Crippen LogP contribution in [0.15, 0.2) is 0 Å². The summed E-state index contributed by atoms with van der Waals surface area (Å²) in [5.41, 5.74) is 0. The van der Waals surface area contributed by atoms with E-state index in [0.717, 1.165) is 31.8 Å². The van der Waals surface area contributed by atoms with Crippen molar-refractivity contribution < 1.29 is 4.79 Å². The molecule has 0 aromatic rings. The molecule has 116 valence electrons. The van der Waals surface area contributed by atoms with Gasteiger partial charge in [-0.1, -0.05) is 0 Å². The van der Waals surface area contributed by atoms with Crippen LogP contribution in [0.5, 0.6) is 0 Å². The lowest BCUT2D eigenvalue weighted by Gasteiger charge is -2.32. The lowest BCUT2D eigenvalue weighted by Crippen LogP contribution is -2.45. The first-order valence-corrected chi connectivity index (χ1v) is 8.06. The number of piperazine rings is 1. The third-order valence-corrected chi connectivity index (χ3v) is 4.64. The number of carbonyl (C=O) groups is 1.